The molecule has 1 aliphatic heterocycles. The molecular weight excluding hydrogens is 264 g/mol. The summed E-state index contributed by atoms with van der Waals surface area (Å²) in [5.41, 5.74) is 3.84. The number of hydrogen-bond donors (Lipinski definition) is 1. The Kier molecular flexibility index (Phi) is 4.07. The molecule has 0 amide bonds. The normalized spacial score (nSPS) is 24.7. The molecule has 0 bridgehead atoms. The van der Waals surface area contributed by atoms with Gasteiger partial charge in [-0.2, -0.15) is 5.10 Å². The lowest BCUT2D eigenvalue weighted by Crippen LogP contribution is -2.17. The summed E-state index contributed by atoms with van der Waals surface area (Å²) in [6.45, 7) is 0. The maximum Gasteiger partial charge on any atom is 0.0404 e. The number of benzene rings is 2. The van der Waals surface area contributed by atoms with Crippen molar-refractivity contribution in [1.29, 1.82) is 0 Å². The van der Waals surface area contributed by atoms with Gasteiger partial charge in [0.15, 0.2) is 0 Å². The fourth-order valence-electron chi connectivity index (χ4n) is 2.64. The summed E-state index contributed by atoms with van der Waals surface area (Å²) in [6.07, 6.45) is 1.91. The first-order valence-corrected chi connectivity index (χ1v) is 7.82. The SMILES string of the molecule is NN=C1C[C@@H](c2ccccc2)S[C@@H](c2ccccc2)C1. The average Bonchev–Trinajstić information content (AvgIpc) is 2.56. The van der Waals surface area contributed by atoms with Gasteiger partial charge in [-0.25, -0.2) is 0 Å². The van der Waals surface area contributed by atoms with Crippen LogP contribution in [-0.4, -0.2) is 5.71 Å². The predicted molar refractivity (Wildman–Crippen MR) is 86.8 cm³/mol. The lowest BCUT2D eigenvalue weighted by molar-refractivity contribution is 0.864. The summed E-state index contributed by atoms with van der Waals surface area (Å²) in [5.74, 6) is 5.56. The highest BCUT2D eigenvalue weighted by molar-refractivity contribution is 7.99. The first-order valence-electron chi connectivity index (χ1n) is 6.88. The Bertz CT molecular complexity index is 531. The van der Waals surface area contributed by atoms with E-state index >= 15 is 0 Å². The van der Waals surface area contributed by atoms with Crippen LogP contribution in [0.2, 0.25) is 0 Å². The molecule has 2 atom stereocenters. The summed E-state index contributed by atoms with van der Waals surface area (Å²) in [6, 6.07) is 21.3. The third-order valence-corrected chi connectivity index (χ3v) is 5.23. The smallest absolute Gasteiger partial charge is 0.0404 e. The van der Waals surface area contributed by atoms with E-state index in [-0.39, 0.29) is 0 Å². The van der Waals surface area contributed by atoms with E-state index in [0.29, 0.717) is 10.5 Å². The lowest BCUT2D eigenvalue weighted by Gasteiger charge is -2.30. The van der Waals surface area contributed by atoms with Crippen molar-refractivity contribution < 1.29 is 0 Å². The molecule has 1 aliphatic rings. The highest BCUT2D eigenvalue weighted by Gasteiger charge is 2.28. The molecule has 1 fully saturated rings. The quantitative estimate of drug-likeness (QED) is 0.658. The second-order valence-electron chi connectivity index (χ2n) is 5.04. The van der Waals surface area contributed by atoms with Gasteiger partial charge < -0.3 is 5.84 Å². The van der Waals surface area contributed by atoms with Crippen molar-refractivity contribution >= 4 is 17.5 Å². The average molecular weight is 282 g/mol. The zero-order valence-electron chi connectivity index (χ0n) is 11.3. The van der Waals surface area contributed by atoms with Gasteiger partial charge in [-0.1, -0.05) is 60.7 Å². The van der Waals surface area contributed by atoms with Gasteiger partial charge in [0.1, 0.15) is 0 Å². The van der Waals surface area contributed by atoms with E-state index in [0.717, 1.165) is 18.6 Å². The van der Waals surface area contributed by atoms with Crippen molar-refractivity contribution in [3.63, 3.8) is 0 Å². The van der Waals surface area contributed by atoms with Crippen LogP contribution < -0.4 is 5.84 Å². The van der Waals surface area contributed by atoms with Crippen LogP contribution >= 0.6 is 11.8 Å². The van der Waals surface area contributed by atoms with Gasteiger partial charge in [-0.15, -0.1) is 11.8 Å². The summed E-state index contributed by atoms with van der Waals surface area (Å²) in [4.78, 5) is 0. The number of thioether (sulfide) groups is 1. The molecule has 2 N–H and O–H groups in total. The van der Waals surface area contributed by atoms with Crippen LogP contribution in [0.15, 0.2) is 65.8 Å². The van der Waals surface area contributed by atoms with E-state index in [4.69, 9.17) is 5.84 Å². The zero-order chi connectivity index (χ0) is 13.8. The van der Waals surface area contributed by atoms with Crippen molar-refractivity contribution in [1.82, 2.24) is 0 Å². The van der Waals surface area contributed by atoms with Crippen LogP contribution in [0.1, 0.15) is 34.5 Å². The van der Waals surface area contributed by atoms with Gasteiger partial charge in [0.05, 0.1) is 0 Å². The molecule has 2 aromatic rings. The first kappa shape index (κ1) is 13.3. The summed E-state index contributed by atoms with van der Waals surface area (Å²) in [5, 5.41) is 4.89. The standard InChI is InChI=1S/C17H18N2S/c18-19-15-11-16(13-7-3-1-4-8-13)20-17(12-15)14-9-5-2-6-10-14/h1-10,16-17H,11-12,18H2/t16-,17+. The van der Waals surface area contributed by atoms with Crippen molar-refractivity contribution in [2.45, 2.75) is 23.3 Å². The zero-order valence-corrected chi connectivity index (χ0v) is 12.1. The van der Waals surface area contributed by atoms with Gasteiger partial charge in [0.25, 0.3) is 0 Å². The molecule has 0 unspecified atom stereocenters. The predicted octanol–water partition coefficient (Wildman–Crippen LogP) is 4.31. The summed E-state index contributed by atoms with van der Waals surface area (Å²) in [7, 11) is 0. The molecule has 0 radical (unpaired) electrons. The van der Waals surface area contributed by atoms with E-state index < -0.39 is 0 Å². The summed E-state index contributed by atoms with van der Waals surface area (Å²) < 4.78 is 0. The first-order chi connectivity index (χ1) is 9.86. The molecule has 20 heavy (non-hydrogen) atoms. The van der Waals surface area contributed by atoms with Gasteiger partial charge in [-0.3, -0.25) is 0 Å². The lowest BCUT2D eigenvalue weighted by atomic mass is 10.00. The van der Waals surface area contributed by atoms with Crippen molar-refractivity contribution in [2.75, 3.05) is 0 Å². The Morgan fingerprint density at radius 2 is 1.25 bits per heavy atom. The minimum absolute atomic E-state index is 0.442. The minimum Gasteiger partial charge on any atom is -0.323 e. The fraction of sp³-hybridized carbons (Fsp3) is 0.235. The molecule has 3 rings (SSSR count). The third-order valence-electron chi connectivity index (χ3n) is 3.70. The second-order valence-corrected chi connectivity index (χ2v) is 6.45. The maximum atomic E-state index is 5.56. The molecule has 2 nitrogen and oxygen atoms in total. The molecule has 102 valence electrons. The van der Waals surface area contributed by atoms with Crippen LogP contribution in [0, 0.1) is 0 Å². The van der Waals surface area contributed by atoms with Crippen LogP contribution in [0.5, 0.6) is 0 Å². The molecule has 0 spiro atoms. The number of nitrogens with zero attached hydrogens (tertiary/aromatic N) is 1. The van der Waals surface area contributed by atoms with Gasteiger partial charge in [0.2, 0.25) is 0 Å². The van der Waals surface area contributed by atoms with Crippen molar-refractivity contribution in [3.05, 3.63) is 71.8 Å². The number of hydrogen-bond acceptors (Lipinski definition) is 3. The van der Waals surface area contributed by atoms with E-state index in [1.807, 2.05) is 11.8 Å². The Labute approximate surface area is 124 Å². The fourth-order valence-corrected chi connectivity index (χ4v) is 4.24. The molecule has 1 heterocycles. The largest absolute Gasteiger partial charge is 0.323 e. The Hall–Kier alpha value is -1.74. The van der Waals surface area contributed by atoms with Crippen molar-refractivity contribution in [2.24, 2.45) is 10.9 Å². The Morgan fingerprint density at radius 3 is 1.65 bits per heavy atom. The van der Waals surface area contributed by atoms with Gasteiger partial charge in [-0.05, 0) is 11.1 Å². The number of nitrogens with two attached hydrogens (primary N) is 1. The van der Waals surface area contributed by atoms with E-state index in [1.54, 1.807) is 0 Å². The van der Waals surface area contributed by atoms with Gasteiger partial charge in [0, 0.05) is 29.1 Å². The minimum atomic E-state index is 0.442. The van der Waals surface area contributed by atoms with Crippen LogP contribution in [0.25, 0.3) is 0 Å². The Balaban J connectivity index is 1.87. The topological polar surface area (TPSA) is 38.4 Å². The maximum absolute atomic E-state index is 5.56. The van der Waals surface area contributed by atoms with Crippen LogP contribution in [0.4, 0.5) is 0 Å². The van der Waals surface area contributed by atoms with E-state index in [1.165, 1.54) is 11.1 Å². The van der Waals surface area contributed by atoms with Crippen LogP contribution in [-0.2, 0) is 0 Å². The molecular formula is C17H18N2S. The molecule has 1 saturated heterocycles. The molecule has 0 aliphatic carbocycles. The highest BCUT2D eigenvalue weighted by atomic mass is 32.2. The van der Waals surface area contributed by atoms with E-state index in [9.17, 15) is 0 Å². The molecule has 0 saturated carbocycles. The van der Waals surface area contributed by atoms with Crippen LogP contribution in [0.3, 0.4) is 0 Å². The van der Waals surface area contributed by atoms with Crippen molar-refractivity contribution in [3.8, 4) is 0 Å². The van der Waals surface area contributed by atoms with E-state index in [2.05, 4.69) is 65.8 Å². The number of rotatable bonds is 2. The molecule has 3 heteroatoms. The monoisotopic (exact) mass is 282 g/mol. The second kappa shape index (κ2) is 6.14. The molecule has 2 aromatic carbocycles. The third kappa shape index (κ3) is 2.88. The summed E-state index contributed by atoms with van der Waals surface area (Å²) >= 11 is 2.02. The highest BCUT2D eigenvalue weighted by Crippen LogP contribution is 2.48. The molecule has 0 aromatic heterocycles. The van der Waals surface area contributed by atoms with Gasteiger partial charge >= 0.3 is 0 Å². The Morgan fingerprint density at radius 1 is 0.800 bits per heavy atom. The number of hydrazone groups is 1.